The van der Waals surface area contributed by atoms with Crippen molar-refractivity contribution in [1.82, 2.24) is 14.8 Å². The monoisotopic (exact) mass is 449 g/mol. The molecule has 2 heterocycles. The number of rotatable bonds is 7. The van der Waals surface area contributed by atoms with Crippen molar-refractivity contribution in [2.45, 2.75) is 19.6 Å². The molecule has 0 aliphatic carbocycles. The van der Waals surface area contributed by atoms with Gasteiger partial charge in [-0.2, -0.15) is 0 Å². The molecule has 3 aromatic rings. The van der Waals surface area contributed by atoms with Crippen molar-refractivity contribution >= 4 is 16.8 Å². The number of morpholine rings is 1. The summed E-state index contributed by atoms with van der Waals surface area (Å²) < 4.78 is 11.7. The molecule has 2 aromatic carbocycles. The van der Waals surface area contributed by atoms with E-state index in [0.29, 0.717) is 18.7 Å². The summed E-state index contributed by atoms with van der Waals surface area (Å²) in [5.74, 6) is 0.783. The molecule has 33 heavy (non-hydrogen) atoms. The summed E-state index contributed by atoms with van der Waals surface area (Å²) in [6, 6.07) is 15.7. The Morgan fingerprint density at radius 2 is 2.09 bits per heavy atom. The second kappa shape index (κ2) is 10.3. The fraction of sp³-hybridized carbons (Fsp3) is 0.385. The molecule has 7 nitrogen and oxygen atoms in total. The van der Waals surface area contributed by atoms with E-state index in [4.69, 9.17) is 14.5 Å². The van der Waals surface area contributed by atoms with Crippen LogP contribution in [-0.4, -0.2) is 72.8 Å². The van der Waals surface area contributed by atoms with Gasteiger partial charge in [-0.15, -0.1) is 0 Å². The Morgan fingerprint density at radius 1 is 1.27 bits per heavy atom. The number of nitrogens with zero attached hydrogens (tertiary/aromatic N) is 3. The smallest absolute Gasteiger partial charge is 0.254 e. The van der Waals surface area contributed by atoms with Crippen molar-refractivity contribution in [3.8, 4) is 5.75 Å². The standard InChI is InChI=1S/C26H31N3O4/c1-18-7-6-8-19(25(18)32-3)16-29-12-14-33-24(17-29)23-15-21(26(31)28(2)11-13-30)20-9-4-5-10-22(20)27-23/h4-10,15,24,30H,11-14,16-17H2,1-3H3. The van der Waals surface area contributed by atoms with Crippen LogP contribution in [0.5, 0.6) is 5.75 Å². The van der Waals surface area contributed by atoms with E-state index in [9.17, 15) is 9.90 Å². The fourth-order valence-electron chi connectivity index (χ4n) is 4.39. The SMILES string of the molecule is COc1c(C)cccc1CN1CCOC(c2cc(C(=O)N(C)CCO)c3ccccc3n2)C1. The molecule has 1 aliphatic rings. The molecule has 1 aliphatic heterocycles. The van der Waals surface area contributed by atoms with Crippen molar-refractivity contribution in [3.05, 3.63) is 70.9 Å². The average Bonchev–Trinajstić information content (AvgIpc) is 2.83. The summed E-state index contributed by atoms with van der Waals surface area (Å²) in [4.78, 5) is 21.8. The number of benzene rings is 2. The normalized spacial score (nSPS) is 16.7. The lowest BCUT2D eigenvalue weighted by Gasteiger charge is -2.33. The predicted molar refractivity (Wildman–Crippen MR) is 127 cm³/mol. The number of hydrogen-bond donors (Lipinski definition) is 1. The first-order valence-electron chi connectivity index (χ1n) is 11.2. The number of methoxy groups -OCH3 is 1. The third kappa shape index (κ3) is 5.00. The fourth-order valence-corrected chi connectivity index (χ4v) is 4.39. The molecule has 174 valence electrons. The van der Waals surface area contributed by atoms with Crippen molar-refractivity contribution in [2.24, 2.45) is 0 Å². The van der Waals surface area contributed by atoms with Crippen LogP contribution in [0.2, 0.25) is 0 Å². The van der Waals surface area contributed by atoms with E-state index in [1.165, 1.54) is 4.90 Å². The number of carbonyl (C=O) groups is 1. The number of likely N-dealkylation sites (N-methyl/N-ethyl adjacent to an activating group) is 1. The first-order valence-corrected chi connectivity index (χ1v) is 11.2. The van der Waals surface area contributed by atoms with Gasteiger partial charge >= 0.3 is 0 Å². The summed E-state index contributed by atoms with van der Waals surface area (Å²) in [5, 5.41) is 10.1. The zero-order valence-corrected chi connectivity index (χ0v) is 19.5. The minimum atomic E-state index is -0.242. The van der Waals surface area contributed by atoms with Crippen LogP contribution in [0, 0.1) is 6.92 Å². The van der Waals surface area contributed by atoms with Crippen LogP contribution >= 0.6 is 0 Å². The maximum absolute atomic E-state index is 13.1. The van der Waals surface area contributed by atoms with Crippen LogP contribution in [0.15, 0.2) is 48.5 Å². The highest BCUT2D eigenvalue weighted by Gasteiger charge is 2.26. The number of carbonyl (C=O) groups excluding carboxylic acids is 1. The van der Waals surface area contributed by atoms with Crippen LogP contribution in [0.4, 0.5) is 0 Å². The van der Waals surface area contributed by atoms with Crippen molar-refractivity contribution in [1.29, 1.82) is 0 Å². The van der Waals surface area contributed by atoms with Gasteiger partial charge in [0.05, 0.1) is 37.1 Å². The summed E-state index contributed by atoms with van der Waals surface area (Å²) in [6.45, 7) is 5.06. The lowest BCUT2D eigenvalue weighted by molar-refractivity contribution is -0.0350. The molecule has 0 saturated carbocycles. The van der Waals surface area contributed by atoms with E-state index in [-0.39, 0.29) is 25.2 Å². The van der Waals surface area contributed by atoms with E-state index < -0.39 is 0 Å². The lowest BCUT2D eigenvalue weighted by atomic mass is 10.0. The number of amides is 1. The quantitative estimate of drug-likeness (QED) is 0.597. The van der Waals surface area contributed by atoms with Gasteiger partial charge in [0.2, 0.25) is 0 Å². The molecule has 1 amide bonds. The highest BCUT2D eigenvalue weighted by Crippen LogP contribution is 2.29. The van der Waals surface area contributed by atoms with Crippen molar-refractivity contribution in [2.75, 3.05) is 47.0 Å². The number of ether oxygens (including phenoxy) is 2. The molecular weight excluding hydrogens is 418 g/mol. The summed E-state index contributed by atoms with van der Waals surface area (Å²) >= 11 is 0. The number of pyridine rings is 1. The highest BCUT2D eigenvalue weighted by atomic mass is 16.5. The van der Waals surface area contributed by atoms with E-state index in [1.807, 2.05) is 30.3 Å². The molecule has 0 bridgehead atoms. The minimum absolute atomic E-state index is 0.0821. The molecule has 1 atom stereocenters. The van der Waals surface area contributed by atoms with E-state index in [2.05, 4.69) is 30.0 Å². The summed E-state index contributed by atoms with van der Waals surface area (Å²) in [7, 11) is 3.40. The van der Waals surface area contributed by atoms with Crippen LogP contribution in [-0.2, 0) is 11.3 Å². The summed E-state index contributed by atoms with van der Waals surface area (Å²) in [5.41, 5.74) is 4.34. The average molecular weight is 450 g/mol. The van der Waals surface area contributed by atoms with Crippen LogP contribution < -0.4 is 4.74 Å². The van der Waals surface area contributed by atoms with Crippen molar-refractivity contribution < 1.29 is 19.4 Å². The number of para-hydroxylation sites is 2. The van der Waals surface area contributed by atoms with Gasteiger partial charge in [0.15, 0.2) is 0 Å². The maximum atomic E-state index is 13.1. The van der Waals surface area contributed by atoms with E-state index in [0.717, 1.165) is 46.6 Å². The Balaban J connectivity index is 1.62. The molecule has 0 radical (unpaired) electrons. The number of fused-ring (bicyclic) bond motifs is 1. The molecule has 1 N–H and O–H groups in total. The number of aromatic nitrogens is 1. The Hall–Kier alpha value is -3.00. The van der Waals surface area contributed by atoms with Crippen LogP contribution in [0.1, 0.15) is 33.3 Å². The van der Waals surface area contributed by atoms with Gasteiger partial charge in [-0.05, 0) is 24.6 Å². The summed E-state index contributed by atoms with van der Waals surface area (Å²) in [6.07, 6.45) is -0.242. The highest BCUT2D eigenvalue weighted by molar-refractivity contribution is 6.06. The number of aryl methyl sites for hydroxylation is 1. The second-order valence-corrected chi connectivity index (χ2v) is 8.42. The Labute approximate surface area is 194 Å². The molecule has 4 rings (SSSR count). The van der Waals surface area contributed by atoms with E-state index in [1.54, 1.807) is 14.2 Å². The van der Waals surface area contributed by atoms with Crippen LogP contribution in [0.3, 0.4) is 0 Å². The zero-order chi connectivity index (χ0) is 23.4. The second-order valence-electron chi connectivity index (χ2n) is 8.42. The van der Waals surface area contributed by atoms with Crippen molar-refractivity contribution in [3.63, 3.8) is 0 Å². The van der Waals surface area contributed by atoms with Gasteiger partial charge in [0.1, 0.15) is 11.9 Å². The first kappa shape index (κ1) is 23.2. The third-order valence-electron chi connectivity index (χ3n) is 6.12. The zero-order valence-electron chi connectivity index (χ0n) is 19.5. The number of aliphatic hydroxyl groups excluding tert-OH is 1. The van der Waals surface area contributed by atoms with Gasteiger partial charge in [0.25, 0.3) is 5.91 Å². The molecule has 1 unspecified atom stereocenters. The molecule has 1 aromatic heterocycles. The largest absolute Gasteiger partial charge is 0.496 e. The predicted octanol–water partition coefficient (Wildman–Crippen LogP) is 3.19. The topological polar surface area (TPSA) is 75.1 Å². The number of aliphatic hydroxyl groups is 1. The van der Waals surface area contributed by atoms with Gasteiger partial charge in [0, 0.05) is 44.2 Å². The Bertz CT molecular complexity index is 1130. The maximum Gasteiger partial charge on any atom is 0.254 e. The minimum Gasteiger partial charge on any atom is -0.496 e. The number of hydrogen-bond acceptors (Lipinski definition) is 6. The lowest BCUT2D eigenvalue weighted by Crippen LogP contribution is -2.38. The molecule has 0 spiro atoms. The third-order valence-corrected chi connectivity index (χ3v) is 6.12. The van der Waals surface area contributed by atoms with Gasteiger partial charge in [-0.1, -0.05) is 36.4 Å². The van der Waals surface area contributed by atoms with Gasteiger partial charge in [-0.25, -0.2) is 4.98 Å². The first-order chi connectivity index (χ1) is 16.0. The van der Waals surface area contributed by atoms with Gasteiger partial charge < -0.3 is 19.5 Å². The van der Waals surface area contributed by atoms with Crippen LogP contribution in [0.25, 0.3) is 10.9 Å². The Kier molecular flexibility index (Phi) is 7.23. The van der Waals surface area contributed by atoms with E-state index >= 15 is 0 Å². The molecular formula is C26H31N3O4. The molecule has 1 saturated heterocycles. The van der Waals surface area contributed by atoms with Gasteiger partial charge in [-0.3, -0.25) is 9.69 Å². The molecule has 1 fully saturated rings. The molecule has 7 heteroatoms. The Morgan fingerprint density at radius 3 is 2.88 bits per heavy atom.